The van der Waals surface area contributed by atoms with Gasteiger partial charge < -0.3 is 4.74 Å². The van der Waals surface area contributed by atoms with E-state index < -0.39 is 22.5 Å². The average Bonchev–Trinajstić information content (AvgIpc) is 2.82. The zero-order valence-corrected chi connectivity index (χ0v) is 20.7. The van der Waals surface area contributed by atoms with Gasteiger partial charge in [0.25, 0.3) is 15.9 Å². The number of hydrazone groups is 1. The molecule has 0 atom stereocenters. The Morgan fingerprint density at radius 3 is 2.21 bits per heavy atom. The van der Waals surface area contributed by atoms with Crippen LogP contribution in [-0.2, 0) is 14.8 Å². The van der Waals surface area contributed by atoms with Crippen LogP contribution in [0.3, 0.4) is 0 Å². The molecule has 0 spiro atoms. The van der Waals surface area contributed by atoms with Crippen LogP contribution in [0.5, 0.6) is 5.75 Å². The predicted octanol–water partition coefficient (Wildman–Crippen LogP) is 4.78. The van der Waals surface area contributed by atoms with Crippen molar-refractivity contribution in [3.63, 3.8) is 0 Å². The lowest BCUT2D eigenvalue weighted by molar-refractivity contribution is -0.119. The van der Waals surface area contributed by atoms with Crippen LogP contribution in [0.2, 0.25) is 5.02 Å². The predicted molar refractivity (Wildman–Crippen MR) is 135 cm³/mol. The van der Waals surface area contributed by atoms with Crippen LogP contribution in [0.25, 0.3) is 0 Å². The SMILES string of the molecule is CCOc1ccc(S(=O)(=O)N(CC(=O)N/N=C(/C)c2ccc(Cl)cc2)c2ccc(C)cc2)cc1. The minimum Gasteiger partial charge on any atom is -0.494 e. The maximum atomic E-state index is 13.5. The average molecular weight is 500 g/mol. The number of anilines is 1. The molecule has 0 aliphatic heterocycles. The van der Waals surface area contributed by atoms with Crippen LogP contribution in [0.15, 0.2) is 82.8 Å². The second kappa shape index (κ2) is 11.2. The summed E-state index contributed by atoms with van der Waals surface area (Å²) >= 11 is 5.91. The van der Waals surface area contributed by atoms with Crippen molar-refractivity contribution in [2.45, 2.75) is 25.7 Å². The summed E-state index contributed by atoms with van der Waals surface area (Å²) in [5.74, 6) is -0.0171. The lowest BCUT2D eigenvalue weighted by atomic mass is 10.1. The molecule has 3 aromatic rings. The maximum absolute atomic E-state index is 13.5. The molecule has 0 aromatic heterocycles. The third-order valence-electron chi connectivity index (χ3n) is 4.94. The summed E-state index contributed by atoms with van der Waals surface area (Å²) < 4.78 is 33.4. The number of sulfonamides is 1. The highest BCUT2D eigenvalue weighted by molar-refractivity contribution is 7.92. The number of nitrogens with one attached hydrogen (secondary N) is 1. The van der Waals surface area contributed by atoms with Gasteiger partial charge >= 0.3 is 0 Å². The Morgan fingerprint density at radius 1 is 1.00 bits per heavy atom. The molecule has 1 amide bonds. The molecule has 0 aliphatic carbocycles. The molecule has 3 rings (SSSR count). The molecule has 0 aliphatic rings. The van der Waals surface area contributed by atoms with Gasteiger partial charge in [-0.3, -0.25) is 9.10 Å². The topological polar surface area (TPSA) is 88.1 Å². The minimum absolute atomic E-state index is 0.0465. The van der Waals surface area contributed by atoms with Crippen molar-refractivity contribution in [1.82, 2.24) is 5.43 Å². The number of hydrogen-bond acceptors (Lipinski definition) is 5. The number of benzene rings is 3. The van der Waals surface area contributed by atoms with E-state index in [9.17, 15) is 13.2 Å². The van der Waals surface area contributed by atoms with Gasteiger partial charge in [-0.15, -0.1) is 0 Å². The van der Waals surface area contributed by atoms with E-state index in [2.05, 4.69) is 10.5 Å². The summed E-state index contributed by atoms with van der Waals surface area (Å²) in [6.07, 6.45) is 0. The minimum atomic E-state index is -4.04. The van der Waals surface area contributed by atoms with Crippen molar-refractivity contribution >= 4 is 38.9 Å². The molecular weight excluding hydrogens is 474 g/mol. The summed E-state index contributed by atoms with van der Waals surface area (Å²) in [5, 5.41) is 4.70. The van der Waals surface area contributed by atoms with Gasteiger partial charge in [0.15, 0.2) is 0 Å². The monoisotopic (exact) mass is 499 g/mol. The standard InChI is InChI=1S/C25H26ClN3O4S/c1-4-33-23-13-15-24(16-14-23)34(31,32)29(22-11-5-18(2)6-12-22)17-25(30)28-27-19(3)20-7-9-21(26)10-8-20/h5-16H,4,17H2,1-3H3,(H,28,30)/b27-19-. The molecule has 0 bridgehead atoms. The third kappa shape index (κ3) is 6.36. The number of nitrogens with zero attached hydrogens (tertiary/aromatic N) is 2. The van der Waals surface area contributed by atoms with Crippen molar-refractivity contribution in [1.29, 1.82) is 0 Å². The van der Waals surface area contributed by atoms with Crippen LogP contribution < -0.4 is 14.5 Å². The van der Waals surface area contributed by atoms with Crippen molar-refractivity contribution in [2.75, 3.05) is 17.5 Å². The fourth-order valence-electron chi connectivity index (χ4n) is 3.10. The summed E-state index contributed by atoms with van der Waals surface area (Å²) in [5.41, 5.74) is 5.12. The number of amides is 1. The van der Waals surface area contributed by atoms with Gasteiger partial charge in [-0.05, 0) is 74.9 Å². The normalized spacial score (nSPS) is 11.7. The highest BCUT2D eigenvalue weighted by atomic mass is 35.5. The summed E-state index contributed by atoms with van der Waals surface area (Å²) in [4.78, 5) is 12.8. The Bertz CT molecular complexity index is 1260. The molecule has 0 unspecified atom stereocenters. The van der Waals surface area contributed by atoms with Crippen LogP contribution >= 0.6 is 11.6 Å². The van der Waals surface area contributed by atoms with E-state index in [0.29, 0.717) is 28.8 Å². The molecule has 9 heteroatoms. The maximum Gasteiger partial charge on any atom is 0.264 e. The Morgan fingerprint density at radius 2 is 1.62 bits per heavy atom. The highest BCUT2D eigenvalue weighted by Crippen LogP contribution is 2.25. The third-order valence-corrected chi connectivity index (χ3v) is 6.98. The first-order chi connectivity index (χ1) is 16.2. The van der Waals surface area contributed by atoms with Crippen molar-refractivity contribution in [2.24, 2.45) is 5.10 Å². The van der Waals surface area contributed by atoms with Crippen molar-refractivity contribution in [3.8, 4) is 5.75 Å². The first-order valence-corrected chi connectivity index (χ1v) is 12.4. The van der Waals surface area contributed by atoms with Crippen molar-refractivity contribution < 1.29 is 17.9 Å². The summed E-state index contributed by atoms with van der Waals surface area (Å²) in [7, 11) is -4.04. The fraction of sp³-hybridized carbons (Fsp3) is 0.200. The number of rotatable bonds is 9. The van der Waals surface area contributed by atoms with Gasteiger partial charge in [0.1, 0.15) is 12.3 Å². The van der Waals surface area contributed by atoms with E-state index in [-0.39, 0.29) is 4.90 Å². The second-order valence-corrected chi connectivity index (χ2v) is 9.79. The summed E-state index contributed by atoms with van der Waals surface area (Å²) in [6, 6.07) is 20.0. The molecular formula is C25H26ClN3O4S. The largest absolute Gasteiger partial charge is 0.494 e. The van der Waals surface area contributed by atoms with E-state index >= 15 is 0 Å². The second-order valence-electron chi connectivity index (χ2n) is 7.49. The Kier molecular flexibility index (Phi) is 8.31. The van der Waals surface area contributed by atoms with Crippen LogP contribution in [0.4, 0.5) is 5.69 Å². The number of ether oxygens (including phenoxy) is 1. The number of carbonyl (C=O) groups excluding carboxylic acids is 1. The van der Waals surface area contributed by atoms with Gasteiger partial charge in [0, 0.05) is 5.02 Å². The van der Waals surface area contributed by atoms with Gasteiger partial charge in [-0.2, -0.15) is 5.10 Å². The molecule has 0 radical (unpaired) electrons. The van der Waals surface area contributed by atoms with E-state index in [0.717, 1.165) is 15.4 Å². The van der Waals surface area contributed by atoms with Gasteiger partial charge in [0.2, 0.25) is 0 Å². The number of halogens is 1. The van der Waals surface area contributed by atoms with Crippen LogP contribution in [0, 0.1) is 6.92 Å². The highest BCUT2D eigenvalue weighted by Gasteiger charge is 2.27. The van der Waals surface area contributed by atoms with E-state index in [1.54, 1.807) is 67.6 Å². The number of hydrogen-bond donors (Lipinski definition) is 1. The van der Waals surface area contributed by atoms with E-state index in [1.165, 1.54) is 12.1 Å². The van der Waals surface area contributed by atoms with Gasteiger partial charge in [-0.25, -0.2) is 13.8 Å². The van der Waals surface area contributed by atoms with Gasteiger partial charge in [0.05, 0.1) is 22.9 Å². The molecule has 0 saturated carbocycles. The van der Waals surface area contributed by atoms with Crippen LogP contribution in [-0.4, -0.2) is 33.2 Å². The van der Waals surface area contributed by atoms with Crippen molar-refractivity contribution in [3.05, 3.63) is 88.9 Å². The zero-order chi connectivity index (χ0) is 24.7. The molecule has 7 nitrogen and oxygen atoms in total. The Hall–Kier alpha value is -3.36. The molecule has 3 aromatic carbocycles. The zero-order valence-electron chi connectivity index (χ0n) is 19.2. The van der Waals surface area contributed by atoms with Crippen LogP contribution in [0.1, 0.15) is 25.0 Å². The number of aryl methyl sites for hydroxylation is 1. The molecule has 0 heterocycles. The smallest absolute Gasteiger partial charge is 0.264 e. The van der Waals surface area contributed by atoms with E-state index in [4.69, 9.17) is 16.3 Å². The molecule has 1 N–H and O–H groups in total. The first kappa shape index (κ1) is 25.3. The lowest BCUT2D eigenvalue weighted by Crippen LogP contribution is -2.39. The quantitative estimate of drug-likeness (QED) is 0.339. The molecule has 0 fully saturated rings. The first-order valence-electron chi connectivity index (χ1n) is 10.6. The van der Waals surface area contributed by atoms with Gasteiger partial charge in [-0.1, -0.05) is 41.4 Å². The Balaban J connectivity index is 1.85. The van der Waals surface area contributed by atoms with E-state index in [1.807, 2.05) is 13.8 Å². The molecule has 0 saturated heterocycles. The Labute approximate surface area is 205 Å². The number of carbonyl (C=O) groups is 1. The molecule has 178 valence electrons. The fourth-order valence-corrected chi connectivity index (χ4v) is 4.64. The molecule has 34 heavy (non-hydrogen) atoms. The summed E-state index contributed by atoms with van der Waals surface area (Å²) in [6.45, 7) is 5.50. The lowest BCUT2D eigenvalue weighted by Gasteiger charge is -2.24.